The second-order valence-electron chi connectivity index (χ2n) is 3.69. The van der Waals surface area contributed by atoms with Gasteiger partial charge in [0.1, 0.15) is 11.9 Å². The molecule has 0 aliphatic carbocycles. The Hall–Kier alpha value is -1.86. The average molecular weight is 250 g/mol. The van der Waals surface area contributed by atoms with Gasteiger partial charge in [-0.25, -0.2) is 4.39 Å². The van der Waals surface area contributed by atoms with E-state index in [0.29, 0.717) is 11.6 Å². The van der Waals surface area contributed by atoms with Crippen LogP contribution in [-0.4, -0.2) is 9.78 Å². The van der Waals surface area contributed by atoms with Crippen molar-refractivity contribution in [1.29, 1.82) is 5.26 Å². The molecule has 0 aliphatic rings. The van der Waals surface area contributed by atoms with Crippen LogP contribution >= 0.6 is 11.6 Å². The summed E-state index contributed by atoms with van der Waals surface area (Å²) in [6, 6.07) is 6.23. The molecule has 1 aromatic carbocycles. The lowest BCUT2D eigenvalue weighted by molar-refractivity contribution is 0.620. The van der Waals surface area contributed by atoms with E-state index in [4.69, 9.17) is 16.9 Å². The predicted octanol–water partition coefficient (Wildman–Crippen LogP) is 2.90. The standard InChI is InChI=1S/C12H9ClFN3/c1-8-11(13)7-17(16-8)6-9-2-3-12(14)10(4-9)5-15/h2-4,7H,6H2,1H3. The molecule has 3 nitrogen and oxygen atoms in total. The summed E-state index contributed by atoms with van der Waals surface area (Å²) in [6.45, 7) is 2.27. The molecule has 0 N–H and O–H groups in total. The fourth-order valence-electron chi connectivity index (χ4n) is 1.52. The lowest BCUT2D eigenvalue weighted by Crippen LogP contribution is -2.01. The zero-order valence-electron chi connectivity index (χ0n) is 9.11. The number of nitriles is 1. The molecule has 17 heavy (non-hydrogen) atoms. The largest absolute Gasteiger partial charge is 0.267 e. The third-order valence-electron chi connectivity index (χ3n) is 2.38. The Kier molecular flexibility index (Phi) is 3.12. The summed E-state index contributed by atoms with van der Waals surface area (Å²) in [5.41, 5.74) is 1.59. The molecule has 0 saturated carbocycles. The summed E-state index contributed by atoms with van der Waals surface area (Å²) in [7, 11) is 0. The van der Waals surface area contributed by atoms with Crippen LogP contribution in [0.25, 0.3) is 0 Å². The normalized spacial score (nSPS) is 10.2. The van der Waals surface area contributed by atoms with Crippen molar-refractivity contribution in [1.82, 2.24) is 9.78 Å². The fourth-order valence-corrected chi connectivity index (χ4v) is 1.67. The molecule has 1 aromatic heterocycles. The highest BCUT2D eigenvalue weighted by Crippen LogP contribution is 2.15. The number of aryl methyl sites for hydroxylation is 1. The number of aromatic nitrogens is 2. The molecule has 1 heterocycles. The maximum absolute atomic E-state index is 13.1. The van der Waals surface area contributed by atoms with Gasteiger partial charge in [-0.15, -0.1) is 0 Å². The molecule has 0 unspecified atom stereocenters. The summed E-state index contributed by atoms with van der Waals surface area (Å²) < 4.78 is 14.8. The van der Waals surface area contributed by atoms with Gasteiger partial charge in [0.2, 0.25) is 0 Å². The van der Waals surface area contributed by atoms with Crippen LogP contribution in [-0.2, 0) is 6.54 Å². The van der Waals surface area contributed by atoms with Crippen LogP contribution in [0.1, 0.15) is 16.8 Å². The Morgan fingerprint density at radius 2 is 2.29 bits per heavy atom. The highest BCUT2D eigenvalue weighted by atomic mass is 35.5. The predicted molar refractivity (Wildman–Crippen MR) is 62.2 cm³/mol. The van der Waals surface area contributed by atoms with Gasteiger partial charge in [-0.1, -0.05) is 17.7 Å². The van der Waals surface area contributed by atoms with Crippen LogP contribution in [0.3, 0.4) is 0 Å². The van der Waals surface area contributed by atoms with E-state index >= 15 is 0 Å². The average Bonchev–Trinajstić information content (AvgIpc) is 2.61. The highest BCUT2D eigenvalue weighted by Gasteiger charge is 2.05. The molecule has 86 valence electrons. The Labute approximate surface area is 103 Å². The molecule has 0 radical (unpaired) electrons. The Balaban J connectivity index is 2.28. The Bertz CT molecular complexity index is 579. The van der Waals surface area contributed by atoms with Gasteiger partial charge in [-0.05, 0) is 24.6 Å². The van der Waals surface area contributed by atoms with Gasteiger partial charge < -0.3 is 0 Å². The Morgan fingerprint density at radius 3 is 2.88 bits per heavy atom. The van der Waals surface area contributed by atoms with Crippen molar-refractivity contribution in [3.05, 3.63) is 52.1 Å². The molecule has 0 amide bonds. The smallest absolute Gasteiger partial charge is 0.140 e. The van der Waals surface area contributed by atoms with Crippen molar-refractivity contribution < 1.29 is 4.39 Å². The summed E-state index contributed by atoms with van der Waals surface area (Å²) in [4.78, 5) is 0. The van der Waals surface area contributed by atoms with Crippen molar-refractivity contribution in [2.45, 2.75) is 13.5 Å². The second kappa shape index (κ2) is 4.56. The van der Waals surface area contributed by atoms with E-state index in [9.17, 15) is 4.39 Å². The molecule has 2 rings (SSSR count). The molecular formula is C12H9ClFN3. The van der Waals surface area contributed by atoms with Gasteiger partial charge in [0.25, 0.3) is 0 Å². The molecule has 2 aromatic rings. The van der Waals surface area contributed by atoms with Gasteiger partial charge in [-0.3, -0.25) is 4.68 Å². The number of benzene rings is 1. The quantitative estimate of drug-likeness (QED) is 0.821. The molecule has 0 atom stereocenters. The summed E-state index contributed by atoms with van der Waals surface area (Å²) in [5, 5.41) is 13.5. The van der Waals surface area contributed by atoms with Crippen molar-refractivity contribution in [2.75, 3.05) is 0 Å². The number of rotatable bonds is 2. The van der Waals surface area contributed by atoms with E-state index in [-0.39, 0.29) is 5.56 Å². The molecule has 0 bridgehead atoms. The van der Waals surface area contributed by atoms with Gasteiger partial charge >= 0.3 is 0 Å². The van der Waals surface area contributed by atoms with Crippen LogP contribution in [0.2, 0.25) is 5.02 Å². The first kappa shape index (κ1) is 11.6. The molecule has 5 heteroatoms. The molecule has 0 fully saturated rings. The van der Waals surface area contributed by atoms with E-state index in [1.165, 1.54) is 12.1 Å². The molecular weight excluding hydrogens is 241 g/mol. The lowest BCUT2D eigenvalue weighted by Gasteiger charge is -2.02. The highest BCUT2D eigenvalue weighted by molar-refractivity contribution is 6.31. The van der Waals surface area contributed by atoms with Gasteiger partial charge in [0, 0.05) is 6.20 Å². The summed E-state index contributed by atoms with van der Waals surface area (Å²) in [5.74, 6) is -0.508. The van der Waals surface area contributed by atoms with Crippen LogP contribution in [0.4, 0.5) is 4.39 Å². The third kappa shape index (κ3) is 2.45. The second-order valence-corrected chi connectivity index (χ2v) is 4.09. The first-order valence-corrected chi connectivity index (χ1v) is 5.36. The van der Waals surface area contributed by atoms with E-state index in [1.807, 2.05) is 13.0 Å². The van der Waals surface area contributed by atoms with Crippen molar-refractivity contribution in [2.24, 2.45) is 0 Å². The zero-order valence-corrected chi connectivity index (χ0v) is 9.87. The first-order chi connectivity index (χ1) is 8.10. The number of hydrogen-bond donors (Lipinski definition) is 0. The van der Waals surface area contributed by atoms with Crippen LogP contribution < -0.4 is 0 Å². The minimum atomic E-state index is -0.508. The van der Waals surface area contributed by atoms with E-state index in [0.717, 1.165) is 11.3 Å². The molecule has 0 aliphatic heterocycles. The minimum absolute atomic E-state index is 0.0393. The van der Waals surface area contributed by atoms with E-state index in [1.54, 1.807) is 16.9 Å². The third-order valence-corrected chi connectivity index (χ3v) is 2.75. The number of hydrogen-bond acceptors (Lipinski definition) is 2. The zero-order chi connectivity index (χ0) is 12.4. The maximum Gasteiger partial charge on any atom is 0.140 e. The van der Waals surface area contributed by atoms with Gasteiger partial charge in [0.05, 0.1) is 22.8 Å². The van der Waals surface area contributed by atoms with Gasteiger partial charge in [0.15, 0.2) is 0 Å². The summed E-state index contributed by atoms with van der Waals surface area (Å²) in [6.07, 6.45) is 1.70. The van der Waals surface area contributed by atoms with Gasteiger partial charge in [-0.2, -0.15) is 10.4 Å². The van der Waals surface area contributed by atoms with Crippen molar-refractivity contribution in [3.8, 4) is 6.07 Å². The topological polar surface area (TPSA) is 41.6 Å². The first-order valence-electron chi connectivity index (χ1n) is 4.98. The monoisotopic (exact) mass is 249 g/mol. The number of nitrogens with zero attached hydrogens (tertiary/aromatic N) is 3. The number of halogens is 2. The maximum atomic E-state index is 13.1. The van der Waals surface area contributed by atoms with Crippen LogP contribution in [0.5, 0.6) is 0 Å². The molecule has 0 saturated heterocycles. The minimum Gasteiger partial charge on any atom is -0.267 e. The summed E-state index contributed by atoms with van der Waals surface area (Å²) >= 11 is 5.88. The fraction of sp³-hybridized carbons (Fsp3) is 0.167. The SMILES string of the molecule is Cc1nn(Cc2ccc(F)c(C#N)c2)cc1Cl. The Morgan fingerprint density at radius 1 is 1.53 bits per heavy atom. The molecule has 0 spiro atoms. The van der Waals surface area contributed by atoms with Crippen molar-refractivity contribution in [3.63, 3.8) is 0 Å². The van der Waals surface area contributed by atoms with Crippen LogP contribution in [0.15, 0.2) is 24.4 Å². The van der Waals surface area contributed by atoms with Crippen molar-refractivity contribution >= 4 is 11.6 Å². The lowest BCUT2D eigenvalue weighted by atomic mass is 10.1. The van der Waals surface area contributed by atoms with Crippen LogP contribution in [0, 0.1) is 24.1 Å². The van der Waals surface area contributed by atoms with E-state index in [2.05, 4.69) is 5.10 Å². The van der Waals surface area contributed by atoms with E-state index < -0.39 is 5.82 Å².